The van der Waals surface area contributed by atoms with Crippen molar-refractivity contribution in [2.45, 2.75) is 57.8 Å². The number of fused-ring (bicyclic) bond motifs is 3. The molecule has 2 aliphatic heterocycles. The highest BCUT2D eigenvalue weighted by atomic mass is 16.5. The lowest BCUT2D eigenvalue weighted by molar-refractivity contribution is -0.133. The molecule has 2 N–H and O–H groups in total. The van der Waals surface area contributed by atoms with Gasteiger partial charge in [0.25, 0.3) is 5.91 Å². The van der Waals surface area contributed by atoms with E-state index in [1.54, 1.807) is 36.4 Å². The molecule has 188 valence electrons. The van der Waals surface area contributed by atoms with Crippen LogP contribution in [0.4, 0.5) is 21.9 Å². The van der Waals surface area contributed by atoms with E-state index >= 15 is 0 Å². The molecule has 9 heteroatoms. The van der Waals surface area contributed by atoms with Gasteiger partial charge in [0.1, 0.15) is 6.54 Å². The maximum Gasteiger partial charge on any atom is 0.332 e. The van der Waals surface area contributed by atoms with Crippen LogP contribution < -0.4 is 15.5 Å². The first-order chi connectivity index (χ1) is 17.3. The molecule has 2 aromatic carbocycles. The zero-order valence-electron chi connectivity index (χ0n) is 20.4. The van der Waals surface area contributed by atoms with Crippen molar-refractivity contribution in [3.63, 3.8) is 0 Å². The summed E-state index contributed by atoms with van der Waals surface area (Å²) in [6, 6.07) is 12.9. The Morgan fingerprint density at radius 2 is 1.58 bits per heavy atom. The Balaban J connectivity index is 1.39. The number of benzene rings is 2. The Hall–Kier alpha value is -3.72. The minimum absolute atomic E-state index is 0.0292. The van der Waals surface area contributed by atoms with Crippen LogP contribution in [0.2, 0.25) is 0 Å². The summed E-state index contributed by atoms with van der Waals surface area (Å²) in [6.45, 7) is 3.16. The maximum atomic E-state index is 13.7. The van der Waals surface area contributed by atoms with Crippen molar-refractivity contribution >= 4 is 40.8 Å². The highest BCUT2D eigenvalue weighted by Crippen LogP contribution is 2.43. The summed E-state index contributed by atoms with van der Waals surface area (Å²) in [4.78, 5) is 54.2. The average molecular weight is 491 g/mol. The first-order valence-corrected chi connectivity index (χ1v) is 12.4. The van der Waals surface area contributed by atoms with Crippen molar-refractivity contribution < 1.29 is 23.9 Å². The van der Waals surface area contributed by atoms with Crippen LogP contribution in [0.3, 0.4) is 0 Å². The van der Waals surface area contributed by atoms with Crippen molar-refractivity contribution in [3.8, 4) is 0 Å². The van der Waals surface area contributed by atoms with Crippen molar-refractivity contribution in [2.24, 2.45) is 5.92 Å². The molecular formula is C27H30N4O5. The van der Waals surface area contributed by atoms with E-state index in [1.807, 2.05) is 19.1 Å². The first-order valence-electron chi connectivity index (χ1n) is 12.4. The molecule has 3 fully saturated rings. The topological polar surface area (TPSA) is 108 Å². The predicted molar refractivity (Wildman–Crippen MR) is 135 cm³/mol. The second kappa shape index (κ2) is 9.73. The lowest BCUT2D eigenvalue weighted by Crippen LogP contribution is -2.65. The van der Waals surface area contributed by atoms with Crippen LogP contribution >= 0.6 is 0 Å². The average Bonchev–Trinajstić information content (AvgIpc) is 3.24. The number of urea groups is 1. The number of hydrogen-bond acceptors (Lipinski definition) is 5. The molecule has 36 heavy (non-hydrogen) atoms. The van der Waals surface area contributed by atoms with Gasteiger partial charge in [-0.3, -0.25) is 14.4 Å². The molecule has 2 aromatic rings. The number of imide groups is 1. The largest absolute Gasteiger partial charge is 0.363 e. The number of ether oxygens (including phenoxy) is 1. The molecule has 0 radical (unpaired) electrons. The van der Waals surface area contributed by atoms with Crippen molar-refractivity contribution in [1.82, 2.24) is 4.90 Å². The van der Waals surface area contributed by atoms with Gasteiger partial charge in [-0.25, -0.2) is 9.69 Å². The van der Waals surface area contributed by atoms with Crippen molar-refractivity contribution in [1.29, 1.82) is 0 Å². The standard InChI is InChI=1S/C27H30N4O5/c1-16-7-13-20(14-8-16)31-26(34)25-24(21-5-3-4-6-22(21)36-25)30(27(31)35)15-23(33)29-19-11-9-18(10-12-19)28-17(2)32/h7-14,21-22,24-25H,3-6,15H2,1-2H3,(H,28,32)(H,29,33). The molecule has 5 amide bonds. The van der Waals surface area contributed by atoms with E-state index in [0.717, 1.165) is 36.1 Å². The number of nitrogens with one attached hydrogen (secondary N) is 2. The number of carbonyl (C=O) groups excluding carboxylic acids is 4. The Morgan fingerprint density at radius 3 is 2.25 bits per heavy atom. The Kier molecular flexibility index (Phi) is 6.49. The zero-order valence-corrected chi connectivity index (χ0v) is 20.4. The lowest BCUT2D eigenvalue weighted by Gasteiger charge is -2.42. The van der Waals surface area contributed by atoms with Gasteiger partial charge in [0.15, 0.2) is 6.10 Å². The van der Waals surface area contributed by atoms with E-state index in [0.29, 0.717) is 17.1 Å². The van der Waals surface area contributed by atoms with Gasteiger partial charge in [0, 0.05) is 24.2 Å². The molecule has 1 saturated carbocycles. The number of hydrogen-bond donors (Lipinski definition) is 2. The zero-order chi connectivity index (χ0) is 25.4. The van der Waals surface area contributed by atoms with Crippen LogP contribution in [-0.2, 0) is 19.1 Å². The third-order valence-corrected chi connectivity index (χ3v) is 7.18. The summed E-state index contributed by atoms with van der Waals surface area (Å²) < 4.78 is 6.23. The molecular weight excluding hydrogens is 460 g/mol. The number of amides is 5. The number of rotatable bonds is 5. The molecule has 2 heterocycles. The van der Waals surface area contributed by atoms with Crippen LogP contribution in [0.5, 0.6) is 0 Å². The fraction of sp³-hybridized carbons (Fsp3) is 0.407. The number of anilines is 3. The van der Waals surface area contributed by atoms with Gasteiger partial charge in [-0.1, -0.05) is 30.5 Å². The van der Waals surface area contributed by atoms with Gasteiger partial charge >= 0.3 is 6.03 Å². The van der Waals surface area contributed by atoms with E-state index in [1.165, 1.54) is 11.8 Å². The third-order valence-electron chi connectivity index (χ3n) is 7.18. The van der Waals surface area contributed by atoms with E-state index in [-0.39, 0.29) is 36.3 Å². The highest BCUT2D eigenvalue weighted by molar-refractivity contribution is 6.18. The van der Waals surface area contributed by atoms with E-state index in [4.69, 9.17) is 4.74 Å². The minimum atomic E-state index is -0.790. The second-order valence-corrected chi connectivity index (χ2v) is 9.76. The molecule has 5 rings (SSSR count). The molecule has 2 saturated heterocycles. The molecule has 3 aliphatic rings. The maximum absolute atomic E-state index is 13.7. The van der Waals surface area contributed by atoms with Crippen molar-refractivity contribution in [3.05, 3.63) is 54.1 Å². The molecule has 0 bridgehead atoms. The molecule has 4 atom stereocenters. The second-order valence-electron chi connectivity index (χ2n) is 9.76. The minimum Gasteiger partial charge on any atom is -0.363 e. The summed E-state index contributed by atoms with van der Waals surface area (Å²) >= 11 is 0. The fourth-order valence-corrected chi connectivity index (χ4v) is 5.55. The van der Waals surface area contributed by atoms with Crippen LogP contribution in [0.25, 0.3) is 0 Å². The van der Waals surface area contributed by atoms with Gasteiger partial charge < -0.3 is 20.3 Å². The Bertz CT molecular complexity index is 1180. The summed E-state index contributed by atoms with van der Waals surface area (Å²) in [7, 11) is 0. The summed E-state index contributed by atoms with van der Waals surface area (Å²) in [5.74, 6) is -0.890. The Morgan fingerprint density at radius 1 is 0.944 bits per heavy atom. The molecule has 1 aliphatic carbocycles. The quantitative estimate of drug-likeness (QED) is 0.665. The normalized spacial score (nSPS) is 25.3. The van der Waals surface area contributed by atoms with Crippen molar-refractivity contribution in [2.75, 3.05) is 22.1 Å². The van der Waals surface area contributed by atoms with Gasteiger partial charge in [0.2, 0.25) is 11.8 Å². The van der Waals surface area contributed by atoms with Gasteiger partial charge in [-0.15, -0.1) is 0 Å². The van der Waals surface area contributed by atoms with Gasteiger partial charge in [-0.2, -0.15) is 0 Å². The molecule has 9 nitrogen and oxygen atoms in total. The highest BCUT2D eigenvalue weighted by Gasteiger charge is 2.58. The molecule has 4 unspecified atom stereocenters. The summed E-state index contributed by atoms with van der Waals surface area (Å²) in [5.41, 5.74) is 2.64. The van der Waals surface area contributed by atoms with Gasteiger partial charge in [-0.05, 0) is 56.2 Å². The van der Waals surface area contributed by atoms with E-state index < -0.39 is 18.2 Å². The summed E-state index contributed by atoms with van der Waals surface area (Å²) in [6.07, 6.45) is 2.87. The van der Waals surface area contributed by atoms with Crippen LogP contribution in [0.15, 0.2) is 48.5 Å². The summed E-state index contributed by atoms with van der Waals surface area (Å²) in [5, 5.41) is 5.51. The Labute approximate surface area is 209 Å². The monoisotopic (exact) mass is 490 g/mol. The fourth-order valence-electron chi connectivity index (χ4n) is 5.55. The van der Waals surface area contributed by atoms with Crippen LogP contribution in [-0.4, -0.2) is 53.4 Å². The number of carbonyl (C=O) groups is 4. The molecule has 0 spiro atoms. The van der Waals surface area contributed by atoms with E-state index in [2.05, 4.69) is 10.6 Å². The van der Waals surface area contributed by atoms with Crippen LogP contribution in [0, 0.1) is 12.8 Å². The number of nitrogens with zero attached hydrogens (tertiary/aromatic N) is 2. The predicted octanol–water partition coefficient (Wildman–Crippen LogP) is 3.69. The van der Waals surface area contributed by atoms with Crippen LogP contribution in [0.1, 0.15) is 38.2 Å². The van der Waals surface area contributed by atoms with E-state index in [9.17, 15) is 19.2 Å². The molecule has 0 aromatic heterocycles. The SMILES string of the molecule is CC(=O)Nc1ccc(NC(=O)CN2C(=O)N(c3ccc(C)cc3)C(=O)C3OC4CCCCC4C32)cc1. The number of aryl methyl sites for hydroxylation is 1. The first kappa shape index (κ1) is 24.0. The third kappa shape index (κ3) is 4.58. The lowest BCUT2D eigenvalue weighted by atomic mass is 9.81. The van der Waals surface area contributed by atoms with Gasteiger partial charge in [0.05, 0.1) is 17.8 Å². The smallest absolute Gasteiger partial charge is 0.332 e.